The number of benzene rings is 3. The van der Waals surface area contributed by atoms with E-state index in [9.17, 15) is 19.5 Å². The van der Waals surface area contributed by atoms with Gasteiger partial charge in [0.1, 0.15) is 11.5 Å². The van der Waals surface area contributed by atoms with Crippen molar-refractivity contribution in [3.63, 3.8) is 0 Å². The summed E-state index contributed by atoms with van der Waals surface area (Å²) in [5.41, 5.74) is 1.59. The van der Waals surface area contributed by atoms with Gasteiger partial charge >= 0.3 is 11.9 Å². The molecule has 9 heteroatoms. The van der Waals surface area contributed by atoms with E-state index in [1.807, 2.05) is 54.6 Å². The Hall–Kier alpha value is -3.98. The zero-order valence-corrected chi connectivity index (χ0v) is 22.5. The van der Waals surface area contributed by atoms with Crippen LogP contribution in [0.1, 0.15) is 48.0 Å². The minimum Gasteiger partial charge on any atom is -0.494 e. The molecule has 3 aromatic carbocycles. The van der Waals surface area contributed by atoms with Crippen LogP contribution >= 0.6 is 11.8 Å². The molecule has 0 radical (unpaired) electrons. The number of amides is 1. The molecule has 3 N–H and O–H groups in total. The number of unbranched alkanes of at least 4 members (excludes halogenated alkanes) is 1. The number of rotatable bonds is 17. The molecule has 0 unspecified atom stereocenters. The van der Waals surface area contributed by atoms with Crippen LogP contribution in [0.3, 0.4) is 0 Å². The van der Waals surface area contributed by atoms with Crippen LogP contribution in [0.4, 0.5) is 5.69 Å². The van der Waals surface area contributed by atoms with Crippen molar-refractivity contribution >= 4 is 35.3 Å². The number of hydrogen-bond acceptors (Lipinski definition) is 6. The van der Waals surface area contributed by atoms with Gasteiger partial charge < -0.3 is 25.0 Å². The van der Waals surface area contributed by atoms with E-state index in [0.717, 1.165) is 29.9 Å². The summed E-state index contributed by atoms with van der Waals surface area (Å²) in [5.74, 6) is -0.0470. The second-order valence-electron chi connectivity index (χ2n) is 8.77. The first-order valence-electron chi connectivity index (χ1n) is 12.8. The minimum absolute atomic E-state index is 0.0266. The van der Waals surface area contributed by atoms with Crippen molar-refractivity contribution in [3.05, 3.63) is 83.9 Å². The summed E-state index contributed by atoms with van der Waals surface area (Å²) in [6.07, 6.45) is 2.95. The predicted molar refractivity (Wildman–Crippen MR) is 151 cm³/mol. The molecule has 3 rings (SSSR count). The first-order chi connectivity index (χ1) is 18.9. The van der Waals surface area contributed by atoms with Crippen LogP contribution < -0.4 is 14.8 Å². The van der Waals surface area contributed by atoms with E-state index in [0.29, 0.717) is 42.4 Å². The average Bonchev–Trinajstić information content (AvgIpc) is 2.93. The van der Waals surface area contributed by atoms with Crippen molar-refractivity contribution in [3.8, 4) is 11.5 Å². The van der Waals surface area contributed by atoms with Gasteiger partial charge in [0.2, 0.25) is 5.91 Å². The Morgan fingerprint density at radius 1 is 0.769 bits per heavy atom. The maximum Gasteiger partial charge on any atom is 0.335 e. The number of carbonyl (C=O) groups is 3. The third kappa shape index (κ3) is 11.1. The van der Waals surface area contributed by atoms with E-state index in [-0.39, 0.29) is 24.3 Å². The number of para-hydroxylation sites is 1. The number of aromatic carboxylic acids is 1. The normalized spacial score (nSPS) is 10.6. The van der Waals surface area contributed by atoms with Crippen LogP contribution in [0, 0.1) is 0 Å². The van der Waals surface area contributed by atoms with E-state index in [2.05, 4.69) is 5.32 Å². The molecule has 0 aromatic heterocycles. The van der Waals surface area contributed by atoms with Gasteiger partial charge in [-0.3, -0.25) is 9.59 Å². The lowest BCUT2D eigenvalue weighted by Crippen LogP contribution is -2.13. The van der Waals surface area contributed by atoms with Crippen molar-refractivity contribution in [2.24, 2.45) is 0 Å². The fourth-order valence-electron chi connectivity index (χ4n) is 3.65. The molecular weight excluding hydrogens is 518 g/mol. The van der Waals surface area contributed by atoms with E-state index >= 15 is 0 Å². The highest BCUT2D eigenvalue weighted by Gasteiger charge is 2.12. The molecule has 0 aliphatic carbocycles. The summed E-state index contributed by atoms with van der Waals surface area (Å²) in [6, 6.07) is 21.9. The Bertz CT molecular complexity index is 1230. The number of carboxylic acids is 2. The first-order valence-corrected chi connectivity index (χ1v) is 13.8. The SMILES string of the molecule is O=C(O)CCCSc1cc(C(=O)O)ccc1NC(=O)CCc1cccc(OCCCCOc2ccccc2)c1. The summed E-state index contributed by atoms with van der Waals surface area (Å²) in [6.45, 7) is 1.20. The third-order valence-electron chi connectivity index (χ3n) is 5.65. The quantitative estimate of drug-likeness (QED) is 0.135. The molecule has 0 heterocycles. The van der Waals surface area contributed by atoms with Crippen LogP contribution in [-0.2, 0) is 16.0 Å². The molecular formula is C30H33NO7S. The van der Waals surface area contributed by atoms with Gasteiger partial charge in [-0.05, 0) is 79.5 Å². The van der Waals surface area contributed by atoms with Gasteiger partial charge in [-0.2, -0.15) is 0 Å². The monoisotopic (exact) mass is 551 g/mol. The van der Waals surface area contributed by atoms with Crippen molar-refractivity contribution in [1.82, 2.24) is 0 Å². The zero-order valence-electron chi connectivity index (χ0n) is 21.6. The van der Waals surface area contributed by atoms with Gasteiger partial charge in [-0.25, -0.2) is 4.79 Å². The van der Waals surface area contributed by atoms with Crippen molar-refractivity contribution in [1.29, 1.82) is 0 Å². The number of nitrogens with one attached hydrogen (secondary N) is 1. The molecule has 206 valence electrons. The number of aryl methyl sites for hydroxylation is 1. The molecule has 0 atom stereocenters. The second kappa shape index (κ2) is 16.1. The predicted octanol–water partition coefficient (Wildman–Crippen LogP) is 6.15. The molecule has 0 saturated heterocycles. The Balaban J connectivity index is 1.44. The van der Waals surface area contributed by atoms with E-state index < -0.39 is 11.9 Å². The van der Waals surface area contributed by atoms with Gasteiger partial charge in [0, 0.05) is 17.7 Å². The molecule has 0 bridgehead atoms. The Kier molecular flexibility index (Phi) is 12.2. The van der Waals surface area contributed by atoms with Gasteiger partial charge in [-0.1, -0.05) is 30.3 Å². The van der Waals surface area contributed by atoms with Crippen LogP contribution in [-0.4, -0.2) is 47.0 Å². The summed E-state index contributed by atoms with van der Waals surface area (Å²) in [7, 11) is 0. The molecule has 1 amide bonds. The zero-order chi connectivity index (χ0) is 27.9. The standard InChI is InChI=1S/C30H33NO7S/c32-28(31-26-15-14-23(30(35)36)21-27(26)39-19-7-12-29(33)34)16-13-22-8-6-11-25(20-22)38-18-5-4-17-37-24-9-2-1-3-10-24/h1-3,6,8-11,14-15,20-21H,4-5,7,12-13,16-19H2,(H,31,32)(H,33,34)(H,35,36). The number of anilines is 1. The Morgan fingerprint density at radius 3 is 2.21 bits per heavy atom. The first kappa shape index (κ1) is 29.6. The van der Waals surface area contributed by atoms with Crippen LogP contribution in [0.2, 0.25) is 0 Å². The topological polar surface area (TPSA) is 122 Å². The number of ether oxygens (including phenoxy) is 2. The molecule has 39 heavy (non-hydrogen) atoms. The number of hydrogen-bond donors (Lipinski definition) is 3. The van der Waals surface area contributed by atoms with Crippen LogP contribution in [0.5, 0.6) is 11.5 Å². The maximum atomic E-state index is 12.7. The molecule has 0 aliphatic rings. The minimum atomic E-state index is -1.07. The van der Waals surface area contributed by atoms with Crippen molar-refractivity contribution in [2.45, 2.75) is 43.4 Å². The number of carbonyl (C=O) groups excluding carboxylic acids is 1. The number of thioether (sulfide) groups is 1. The van der Waals surface area contributed by atoms with Crippen molar-refractivity contribution < 1.29 is 34.1 Å². The lowest BCUT2D eigenvalue weighted by Gasteiger charge is -2.12. The average molecular weight is 552 g/mol. The fraction of sp³-hybridized carbons (Fsp3) is 0.300. The second-order valence-corrected chi connectivity index (χ2v) is 9.91. The van der Waals surface area contributed by atoms with E-state index in [4.69, 9.17) is 14.6 Å². The van der Waals surface area contributed by atoms with Crippen LogP contribution in [0.25, 0.3) is 0 Å². The molecule has 0 aliphatic heterocycles. The highest BCUT2D eigenvalue weighted by Crippen LogP contribution is 2.30. The lowest BCUT2D eigenvalue weighted by molar-refractivity contribution is -0.137. The van der Waals surface area contributed by atoms with Gasteiger partial charge in [-0.15, -0.1) is 11.8 Å². The largest absolute Gasteiger partial charge is 0.494 e. The van der Waals surface area contributed by atoms with Gasteiger partial charge in [0.15, 0.2) is 0 Å². The van der Waals surface area contributed by atoms with Crippen molar-refractivity contribution in [2.75, 3.05) is 24.3 Å². The Morgan fingerprint density at radius 2 is 1.49 bits per heavy atom. The molecule has 3 aromatic rings. The smallest absolute Gasteiger partial charge is 0.335 e. The summed E-state index contributed by atoms with van der Waals surface area (Å²) in [5, 5.41) is 21.0. The molecule has 0 saturated carbocycles. The van der Waals surface area contributed by atoms with Gasteiger partial charge in [0.25, 0.3) is 0 Å². The third-order valence-corrected chi connectivity index (χ3v) is 6.80. The van der Waals surface area contributed by atoms with Gasteiger partial charge in [0.05, 0.1) is 24.5 Å². The summed E-state index contributed by atoms with van der Waals surface area (Å²) >= 11 is 1.32. The number of aliphatic carboxylic acids is 1. The molecule has 0 spiro atoms. The molecule has 8 nitrogen and oxygen atoms in total. The number of carboxylic acid groups (broad SMARTS) is 2. The maximum absolute atomic E-state index is 12.7. The van der Waals surface area contributed by atoms with E-state index in [1.54, 1.807) is 6.07 Å². The summed E-state index contributed by atoms with van der Waals surface area (Å²) < 4.78 is 11.6. The summed E-state index contributed by atoms with van der Waals surface area (Å²) in [4.78, 5) is 35.4. The molecule has 0 fully saturated rings. The Labute approximate surface area is 232 Å². The lowest BCUT2D eigenvalue weighted by atomic mass is 10.1. The van der Waals surface area contributed by atoms with Crippen LogP contribution in [0.15, 0.2) is 77.7 Å². The van der Waals surface area contributed by atoms with E-state index in [1.165, 1.54) is 23.9 Å². The highest BCUT2D eigenvalue weighted by molar-refractivity contribution is 7.99. The fourth-order valence-corrected chi connectivity index (χ4v) is 4.64. The highest BCUT2D eigenvalue weighted by atomic mass is 32.2.